The monoisotopic (exact) mass is 653 g/mol. The van der Waals surface area contributed by atoms with Gasteiger partial charge in [-0.1, -0.05) is 140 Å². The zero-order valence-corrected chi connectivity index (χ0v) is 28.1. The number of para-hydroxylation sites is 1. The Labute approximate surface area is 294 Å². The molecule has 1 nitrogen and oxygen atoms in total. The molecule has 0 aliphatic carbocycles. The maximum Gasteiger partial charge on any atom is 0.0540 e. The fraction of sp³-hybridized carbons (Fsp3) is 0. The number of rotatable bonds is 5. The Bertz CT molecular complexity index is 2870. The highest BCUT2D eigenvalue weighted by atomic mass is 32.1. The molecule has 1 aromatic heterocycles. The first kappa shape index (κ1) is 28.8. The lowest BCUT2D eigenvalue weighted by molar-refractivity contribution is 1.29. The van der Waals surface area contributed by atoms with E-state index in [0.29, 0.717) is 0 Å². The standard InChI is InChI=1S/C48H31NS/c1-2-12-32(13-3-1)39-17-10-11-21-45(39)49(37-27-29-46-44(31-37)48-40-18-7-4-14-33(40)24-28-47(48)50-46)36-25-22-34(23-26-36)43-30-35-15-5-6-16-38(35)41-19-8-9-20-42(41)43/h1-31H. The normalized spacial score (nSPS) is 11.6. The van der Waals surface area contributed by atoms with Crippen molar-refractivity contribution >= 4 is 80.9 Å². The van der Waals surface area contributed by atoms with Gasteiger partial charge < -0.3 is 4.90 Å². The highest BCUT2D eigenvalue weighted by Gasteiger charge is 2.19. The minimum atomic E-state index is 1.12. The summed E-state index contributed by atoms with van der Waals surface area (Å²) in [5, 5.41) is 10.3. The number of hydrogen-bond donors (Lipinski definition) is 0. The van der Waals surface area contributed by atoms with Crippen molar-refractivity contribution in [3.63, 3.8) is 0 Å². The molecule has 0 radical (unpaired) electrons. The van der Waals surface area contributed by atoms with E-state index in [1.165, 1.54) is 74.7 Å². The average molecular weight is 654 g/mol. The average Bonchev–Trinajstić information content (AvgIpc) is 3.57. The van der Waals surface area contributed by atoms with E-state index in [1.54, 1.807) is 0 Å². The van der Waals surface area contributed by atoms with Crippen LogP contribution in [0.5, 0.6) is 0 Å². The second-order valence-electron chi connectivity index (χ2n) is 12.9. The van der Waals surface area contributed by atoms with Crippen LogP contribution in [0.4, 0.5) is 17.1 Å². The van der Waals surface area contributed by atoms with Gasteiger partial charge in [0.15, 0.2) is 0 Å². The summed E-state index contributed by atoms with van der Waals surface area (Å²) in [5.41, 5.74) is 8.24. The van der Waals surface area contributed by atoms with Crippen molar-refractivity contribution in [3.8, 4) is 22.3 Å². The predicted molar refractivity (Wildman–Crippen MR) is 217 cm³/mol. The van der Waals surface area contributed by atoms with Crippen molar-refractivity contribution in [2.24, 2.45) is 0 Å². The molecule has 0 aliphatic rings. The summed E-state index contributed by atoms with van der Waals surface area (Å²) < 4.78 is 2.62. The van der Waals surface area contributed by atoms with Gasteiger partial charge in [0, 0.05) is 37.1 Å². The minimum Gasteiger partial charge on any atom is -0.310 e. The second-order valence-corrected chi connectivity index (χ2v) is 14.0. The third-order valence-corrected chi connectivity index (χ3v) is 11.2. The van der Waals surface area contributed by atoms with Crippen molar-refractivity contribution in [3.05, 3.63) is 188 Å². The Hall–Kier alpha value is -6.22. The van der Waals surface area contributed by atoms with Crippen molar-refractivity contribution in [2.75, 3.05) is 4.90 Å². The Morgan fingerprint density at radius 1 is 0.340 bits per heavy atom. The Balaban J connectivity index is 1.18. The lowest BCUT2D eigenvalue weighted by Crippen LogP contribution is -2.11. The number of anilines is 3. The molecular weight excluding hydrogens is 623 g/mol. The molecule has 0 unspecified atom stereocenters. The van der Waals surface area contributed by atoms with Crippen molar-refractivity contribution in [1.82, 2.24) is 0 Å². The largest absolute Gasteiger partial charge is 0.310 e. The number of fused-ring (bicyclic) bond motifs is 8. The van der Waals surface area contributed by atoms with Gasteiger partial charge in [0.2, 0.25) is 0 Å². The van der Waals surface area contributed by atoms with Crippen LogP contribution >= 0.6 is 11.3 Å². The molecule has 1 heterocycles. The van der Waals surface area contributed by atoms with Crippen LogP contribution in [0.1, 0.15) is 0 Å². The first-order valence-electron chi connectivity index (χ1n) is 17.1. The predicted octanol–water partition coefficient (Wildman–Crippen LogP) is 14.3. The van der Waals surface area contributed by atoms with Crippen LogP contribution < -0.4 is 4.90 Å². The minimum absolute atomic E-state index is 1.12. The van der Waals surface area contributed by atoms with Gasteiger partial charge >= 0.3 is 0 Å². The number of benzene rings is 9. The van der Waals surface area contributed by atoms with Gasteiger partial charge in [-0.25, -0.2) is 0 Å². The van der Waals surface area contributed by atoms with Gasteiger partial charge in [0.05, 0.1) is 5.69 Å². The van der Waals surface area contributed by atoms with Crippen LogP contribution in [-0.4, -0.2) is 0 Å². The van der Waals surface area contributed by atoms with Gasteiger partial charge in [0.1, 0.15) is 0 Å². The molecule has 0 aliphatic heterocycles. The van der Waals surface area contributed by atoms with Crippen molar-refractivity contribution < 1.29 is 0 Å². The van der Waals surface area contributed by atoms with Crippen molar-refractivity contribution in [2.45, 2.75) is 0 Å². The molecule has 50 heavy (non-hydrogen) atoms. The quantitative estimate of drug-likeness (QED) is 0.167. The zero-order valence-electron chi connectivity index (χ0n) is 27.3. The van der Waals surface area contributed by atoms with Crippen LogP contribution in [0.15, 0.2) is 188 Å². The van der Waals surface area contributed by atoms with Gasteiger partial charge in [-0.2, -0.15) is 0 Å². The molecule has 0 fully saturated rings. The highest BCUT2D eigenvalue weighted by molar-refractivity contribution is 7.26. The van der Waals surface area contributed by atoms with Crippen LogP contribution in [-0.2, 0) is 0 Å². The van der Waals surface area contributed by atoms with Crippen molar-refractivity contribution in [1.29, 1.82) is 0 Å². The van der Waals surface area contributed by atoms with E-state index >= 15 is 0 Å². The highest BCUT2D eigenvalue weighted by Crippen LogP contribution is 2.45. The number of hydrogen-bond acceptors (Lipinski definition) is 2. The van der Waals surface area contributed by atoms with E-state index in [4.69, 9.17) is 0 Å². The third-order valence-electron chi connectivity index (χ3n) is 10.0. The van der Waals surface area contributed by atoms with E-state index in [0.717, 1.165) is 17.1 Å². The Morgan fingerprint density at radius 2 is 0.960 bits per heavy atom. The maximum atomic E-state index is 2.43. The molecular formula is C48H31NS. The molecule has 0 N–H and O–H groups in total. The molecule has 0 atom stereocenters. The second kappa shape index (κ2) is 11.7. The summed E-state index contributed by atoms with van der Waals surface area (Å²) in [6, 6.07) is 68.7. The van der Waals surface area contributed by atoms with E-state index in [9.17, 15) is 0 Å². The van der Waals surface area contributed by atoms with Crippen LogP contribution in [0, 0.1) is 0 Å². The summed E-state index contributed by atoms with van der Waals surface area (Å²) >= 11 is 1.87. The third kappa shape index (κ3) is 4.69. The molecule has 234 valence electrons. The van der Waals surface area contributed by atoms with Gasteiger partial charge in [0.25, 0.3) is 0 Å². The van der Waals surface area contributed by atoms with Gasteiger partial charge in [-0.3, -0.25) is 0 Å². The molecule has 0 amide bonds. The Morgan fingerprint density at radius 3 is 1.80 bits per heavy atom. The molecule has 10 aromatic rings. The smallest absolute Gasteiger partial charge is 0.0540 e. The zero-order chi connectivity index (χ0) is 33.0. The van der Waals surface area contributed by atoms with E-state index in [-0.39, 0.29) is 0 Å². The number of nitrogens with zero attached hydrogens (tertiary/aromatic N) is 1. The van der Waals surface area contributed by atoms with Crippen LogP contribution in [0.2, 0.25) is 0 Å². The summed E-state index contributed by atoms with van der Waals surface area (Å²) in [6.07, 6.45) is 0. The summed E-state index contributed by atoms with van der Waals surface area (Å²) in [6.45, 7) is 0. The molecule has 9 aromatic carbocycles. The van der Waals surface area contributed by atoms with Crippen LogP contribution in [0.25, 0.3) is 74.7 Å². The molecule has 0 saturated heterocycles. The number of thiophene rings is 1. The van der Waals surface area contributed by atoms with Crippen LogP contribution in [0.3, 0.4) is 0 Å². The van der Waals surface area contributed by atoms with E-state index in [2.05, 4.69) is 193 Å². The Kier molecular flexibility index (Phi) is 6.75. The summed E-state index contributed by atoms with van der Waals surface area (Å²) in [5.74, 6) is 0. The topological polar surface area (TPSA) is 3.24 Å². The molecule has 2 heteroatoms. The van der Waals surface area contributed by atoms with Gasteiger partial charge in [-0.15, -0.1) is 11.3 Å². The van der Waals surface area contributed by atoms with E-state index in [1.807, 2.05) is 11.3 Å². The summed E-state index contributed by atoms with van der Waals surface area (Å²) in [4.78, 5) is 2.43. The molecule has 10 rings (SSSR count). The lowest BCUT2D eigenvalue weighted by Gasteiger charge is -2.28. The first-order valence-corrected chi connectivity index (χ1v) is 17.9. The van der Waals surface area contributed by atoms with E-state index < -0.39 is 0 Å². The fourth-order valence-electron chi connectivity index (χ4n) is 7.72. The fourth-order valence-corrected chi connectivity index (χ4v) is 8.82. The molecule has 0 saturated carbocycles. The maximum absolute atomic E-state index is 2.43. The first-order chi connectivity index (χ1) is 24.8. The lowest BCUT2D eigenvalue weighted by atomic mass is 9.93. The van der Waals surface area contributed by atoms with Gasteiger partial charge in [-0.05, 0) is 97.5 Å². The SMILES string of the molecule is c1ccc(-c2ccccc2N(c2ccc(-c3cc4ccccc4c4ccccc34)cc2)c2ccc3sc4ccc5ccccc5c4c3c2)cc1. The molecule has 0 bridgehead atoms. The molecule has 0 spiro atoms. The summed E-state index contributed by atoms with van der Waals surface area (Å²) in [7, 11) is 0.